The van der Waals surface area contributed by atoms with Crippen molar-refractivity contribution in [3.05, 3.63) is 83.8 Å². The molecule has 1 amide bonds. The van der Waals surface area contributed by atoms with Crippen LogP contribution in [0.3, 0.4) is 0 Å². The minimum absolute atomic E-state index is 0.0712. The van der Waals surface area contributed by atoms with Crippen LogP contribution in [0.1, 0.15) is 40.1 Å². The summed E-state index contributed by atoms with van der Waals surface area (Å²) in [6.07, 6.45) is -1.35. The second-order valence-electron chi connectivity index (χ2n) is 8.76. The van der Waals surface area contributed by atoms with E-state index in [-0.39, 0.29) is 31.3 Å². The minimum Gasteiger partial charge on any atom is -0.454 e. The van der Waals surface area contributed by atoms with Gasteiger partial charge in [0.05, 0.1) is 11.7 Å². The number of ether oxygens (including phenoxy) is 2. The highest BCUT2D eigenvalue weighted by Gasteiger charge is 2.47. The van der Waals surface area contributed by atoms with E-state index in [2.05, 4.69) is 20.8 Å². The van der Waals surface area contributed by atoms with E-state index in [1.54, 1.807) is 29.1 Å². The number of nitrogens with one attached hydrogen (secondary N) is 2. The van der Waals surface area contributed by atoms with E-state index in [9.17, 15) is 18.0 Å². The molecule has 2 aliphatic rings. The van der Waals surface area contributed by atoms with Gasteiger partial charge in [-0.15, -0.1) is 0 Å². The molecule has 2 N–H and O–H groups in total. The molecule has 0 saturated carbocycles. The quantitative estimate of drug-likeness (QED) is 0.414. The first kappa shape index (κ1) is 23.0. The Hall–Kier alpha value is -4.48. The molecule has 2 aromatic heterocycles. The average Bonchev–Trinajstić information content (AvgIpc) is 3.66. The third-order valence-corrected chi connectivity index (χ3v) is 6.38. The molecule has 190 valence electrons. The van der Waals surface area contributed by atoms with Crippen LogP contribution in [0.2, 0.25) is 0 Å². The van der Waals surface area contributed by atoms with Crippen molar-refractivity contribution < 1.29 is 27.4 Å². The predicted octanol–water partition coefficient (Wildman–Crippen LogP) is 4.39. The Bertz CT molecular complexity index is 1430. The fourth-order valence-electron chi connectivity index (χ4n) is 4.49. The fourth-order valence-corrected chi connectivity index (χ4v) is 4.49. The summed E-state index contributed by atoms with van der Waals surface area (Å²) in [6, 6.07) is 13.1. The molecule has 0 fully saturated rings. The number of alkyl halides is 3. The molecule has 2 atom stereocenters. The second kappa shape index (κ2) is 8.87. The number of rotatable bonds is 5. The number of anilines is 1. The largest absolute Gasteiger partial charge is 0.454 e. The number of carbonyl (C=O) groups excluding carboxylic acids is 1. The van der Waals surface area contributed by atoms with Gasteiger partial charge in [0.15, 0.2) is 23.2 Å². The summed E-state index contributed by atoms with van der Waals surface area (Å²) in [5.74, 6) is 0.581. The predicted molar refractivity (Wildman–Crippen MR) is 126 cm³/mol. The standard InChI is InChI=1S/C25H21F3N6O3/c26-25(27,28)22-11-18(16-4-7-20-21(10-16)37-14-36-20)31-23-12-19(32-34(22)23)24(35)29-13-15-2-5-17(6-3-15)33-9-1-8-30-33/h1-10,12,18,22,31H,11,13-14H2,(H,29,35)/t18-,22+/m1/s1. The lowest BCUT2D eigenvalue weighted by molar-refractivity contribution is -0.173. The van der Waals surface area contributed by atoms with Crippen molar-refractivity contribution in [2.45, 2.75) is 31.2 Å². The monoisotopic (exact) mass is 510 g/mol. The van der Waals surface area contributed by atoms with Gasteiger partial charge in [0, 0.05) is 31.4 Å². The van der Waals surface area contributed by atoms with Gasteiger partial charge in [-0.1, -0.05) is 18.2 Å². The molecule has 2 aliphatic heterocycles. The van der Waals surface area contributed by atoms with Gasteiger partial charge in [0.1, 0.15) is 5.82 Å². The maximum Gasteiger partial charge on any atom is 0.410 e. The van der Waals surface area contributed by atoms with Crippen LogP contribution in [0.25, 0.3) is 5.69 Å². The molecule has 6 rings (SSSR count). The Morgan fingerprint density at radius 1 is 1.11 bits per heavy atom. The van der Waals surface area contributed by atoms with Gasteiger partial charge >= 0.3 is 6.18 Å². The van der Waals surface area contributed by atoms with Crippen LogP contribution in [0.5, 0.6) is 11.5 Å². The van der Waals surface area contributed by atoms with Crippen LogP contribution in [0.4, 0.5) is 19.0 Å². The first-order chi connectivity index (χ1) is 17.8. The zero-order chi connectivity index (χ0) is 25.6. The molecule has 0 saturated heterocycles. The van der Waals surface area contributed by atoms with Gasteiger partial charge < -0.3 is 20.1 Å². The molecule has 4 heterocycles. The number of halogens is 3. The first-order valence-corrected chi connectivity index (χ1v) is 11.5. The van der Waals surface area contributed by atoms with Gasteiger partial charge in [-0.3, -0.25) is 4.79 Å². The van der Waals surface area contributed by atoms with Crippen LogP contribution in [0.15, 0.2) is 67.0 Å². The molecule has 0 radical (unpaired) electrons. The van der Waals surface area contributed by atoms with Crippen LogP contribution < -0.4 is 20.1 Å². The highest BCUT2D eigenvalue weighted by molar-refractivity contribution is 5.93. The molecule has 2 aromatic carbocycles. The lowest BCUT2D eigenvalue weighted by atomic mass is 9.96. The Morgan fingerprint density at radius 3 is 2.68 bits per heavy atom. The van der Waals surface area contributed by atoms with Gasteiger partial charge in [-0.2, -0.15) is 23.4 Å². The summed E-state index contributed by atoms with van der Waals surface area (Å²) in [5, 5.41) is 14.0. The van der Waals surface area contributed by atoms with Gasteiger partial charge in [0.25, 0.3) is 5.91 Å². The van der Waals surface area contributed by atoms with E-state index < -0.39 is 24.2 Å². The van der Waals surface area contributed by atoms with Crippen LogP contribution in [-0.4, -0.2) is 38.4 Å². The average molecular weight is 510 g/mol. The summed E-state index contributed by atoms with van der Waals surface area (Å²) in [6.45, 7) is 0.262. The number of amides is 1. The fraction of sp³-hybridized carbons (Fsp3) is 0.240. The molecule has 12 heteroatoms. The Labute approximate surface area is 208 Å². The van der Waals surface area contributed by atoms with Crippen molar-refractivity contribution in [1.29, 1.82) is 0 Å². The van der Waals surface area contributed by atoms with Crippen molar-refractivity contribution in [3.8, 4) is 17.2 Å². The second-order valence-corrected chi connectivity index (χ2v) is 8.76. The van der Waals surface area contributed by atoms with E-state index >= 15 is 0 Å². The van der Waals surface area contributed by atoms with Crippen molar-refractivity contribution in [3.63, 3.8) is 0 Å². The number of fused-ring (bicyclic) bond motifs is 2. The normalized spacial score (nSPS) is 18.2. The first-order valence-electron chi connectivity index (χ1n) is 11.5. The van der Waals surface area contributed by atoms with Crippen LogP contribution >= 0.6 is 0 Å². The molecule has 4 aromatic rings. The van der Waals surface area contributed by atoms with E-state index in [1.165, 1.54) is 6.07 Å². The molecule has 0 unspecified atom stereocenters. The Morgan fingerprint density at radius 2 is 1.92 bits per heavy atom. The topological polar surface area (TPSA) is 95.2 Å². The van der Waals surface area contributed by atoms with Gasteiger partial charge in [-0.25, -0.2) is 9.36 Å². The number of carbonyl (C=O) groups is 1. The zero-order valence-electron chi connectivity index (χ0n) is 19.3. The molecule has 0 spiro atoms. The number of hydrogen-bond donors (Lipinski definition) is 2. The minimum atomic E-state index is -4.55. The van der Waals surface area contributed by atoms with Gasteiger partial charge in [0.2, 0.25) is 6.79 Å². The van der Waals surface area contributed by atoms with Crippen molar-refractivity contribution in [1.82, 2.24) is 24.9 Å². The third-order valence-electron chi connectivity index (χ3n) is 6.38. The third kappa shape index (κ3) is 4.46. The summed E-state index contributed by atoms with van der Waals surface area (Å²) in [5.41, 5.74) is 2.21. The molecule has 0 aliphatic carbocycles. The summed E-state index contributed by atoms with van der Waals surface area (Å²) in [7, 11) is 0. The zero-order valence-corrected chi connectivity index (χ0v) is 19.3. The molecule has 0 bridgehead atoms. The maximum absolute atomic E-state index is 14.0. The number of nitrogens with zero attached hydrogens (tertiary/aromatic N) is 4. The SMILES string of the molecule is O=C(NCc1ccc(-n2cccn2)cc1)c1cc2n(n1)[C@H](C(F)(F)F)C[C@H](c1ccc3c(c1)OCO3)N2. The lowest BCUT2D eigenvalue weighted by Gasteiger charge is -2.33. The van der Waals surface area contributed by atoms with E-state index in [0.29, 0.717) is 17.1 Å². The highest BCUT2D eigenvalue weighted by atomic mass is 19.4. The molecule has 9 nitrogen and oxygen atoms in total. The number of aromatic nitrogens is 4. The summed E-state index contributed by atoms with van der Waals surface area (Å²) in [4.78, 5) is 12.8. The highest BCUT2D eigenvalue weighted by Crippen LogP contribution is 2.45. The van der Waals surface area contributed by atoms with Crippen molar-refractivity contribution in [2.75, 3.05) is 12.1 Å². The van der Waals surface area contributed by atoms with E-state index in [0.717, 1.165) is 15.9 Å². The van der Waals surface area contributed by atoms with Gasteiger partial charge in [-0.05, 0) is 41.5 Å². The summed E-state index contributed by atoms with van der Waals surface area (Å²) < 4.78 is 55.2. The maximum atomic E-state index is 14.0. The lowest BCUT2D eigenvalue weighted by Crippen LogP contribution is -2.35. The van der Waals surface area contributed by atoms with E-state index in [1.807, 2.05) is 36.5 Å². The van der Waals surface area contributed by atoms with Crippen LogP contribution in [0, 0.1) is 0 Å². The number of hydrogen-bond acceptors (Lipinski definition) is 6. The Kier molecular flexibility index (Phi) is 5.50. The van der Waals surface area contributed by atoms with Crippen LogP contribution in [-0.2, 0) is 6.54 Å². The van der Waals surface area contributed by atoms with Crippen molar-refractivity contribution in [2.24, 2.45) is 0 Å². The summed E-state index contributed by atoms with van der Waals surface area (Å²) >= 11 is 0. The van der Waals surface area contributed by atoms with Crippen molar-refractivity contribution >= 4 is 11.7 Å². The Balaban J connectivity index is 1.19. The van der Waals surface area contributed by atoms with E-state index in [4.69, 9.17) is 9.47 Å². The molecule has 37 heavy (non-hydrogen) atoms. The smallest absolute Gasteiger partial charge is 0.410 e. The molecular weight excluding hydrogens is 489 g/mol. The molecular formula is C25H21F3N6O3. The number of benzene rings is 2.